The molecule has 0 aliphatic carbocycles. The summed E-state index contributed by atoms with van der Waals surface area (Å²) in [6.45, 7) is 7.83. The topological polar surface area (TPSA) is 97.3 Å². The summed E-state index contributed by atoms with van der Waals surface area (Å²) in [5.74, 6) is 0.553. The lowest BCUT2D eigenvalue weighted by atomic mass is 10.1. The van der Waals surface area contributed by atoms with Crippen LogP contribution in [0.3, 0.4) is 0 Å². The summed E-state index contributed by atoms with van der Waals surface area (Å²) in [6.07, 6.45) is 0.967. The number of carbonyl (C=O) groups is 2. The van der Waals surface area contributed by atoms with Crippen molar-refractivity contribution in [1.29, 1.82) is 0 Å². The highest BCUT2D eigenvalue weighted by Crippen LogP contribution is 2.26. The van der Waals surface area contributed by atoms with E-state index < -0.39 is 0 Å². The first kappa shape index (κ1) is 20.9. The zero-order chi connectivity index (χ0) is 21.1. The molecule has 2 amide bonds. The molecule has 3 N–H and O–H groups in total. The maximum Gasteiger partial charge on any atom is 0.224 e. The van der Waals surface area contributed by atoms with Gasteiger partial charge in [0, 0.05) is 24.6 Å². The Kier molecular flexibility index (Phi) is 6.22. The second kappa shape index (κ2) is 8.65. The number of ether oxygens (including phenoxy) is 1. The van der Waals surface area contributed by atoms with Crippen LogP contribution in [0, 0.1) is 20.8 Å². The van der Waals surface area contributed by atoms with Crippen LogP contribution in [-0.2, 0) is 16.0 Å². The van der Waals surface area contributed by atoms with E-state index in [1.54, 1.807) is 11.8 Å². The molecule has 8 nitrogen and oxygen atoms in total. The first-order valence-corrected chi connectivity index (χ1v) is 9.83. The largest absolute Gasteiger partial charge is 0.495 e. The van der Waals surface area contributed by atoms with E-state index in [0.29, 0.717) is 30.7 Å². The predicted octanol–water partition coefficient (Wildman–Crippen LogP) is 2.34. The number of nitrogens with one attached hydrogen (secondary N) is 3. The van der Waals surface area contributed by atoms with E-state index in [1.165, 1.54) is 0 Å². The second-order valence-electron chi connectivity index (χ2n) is 7.59. The van der Waals surface area contributed by atoms with Crippen molar-refractivity contribution < 1.29 is 14.3 Å². The van der Waals surface area contributed by atoms with Crippen molar-refractivity contribution in [3.8, 4) is 5.75 Å². The number of rotatable bonds is 6. The van der Waals surface area contributed by atoms with E-state index >= 15 is 0 Å². The monoisotopic (exact) mass is 399 g/mol. The Morgan fingerprint density at radius 3 is 2.79 bits per heavy atom. The van der Waals surface area contributed by atoms with E-state index in [0.717, 1.165) is 22.5 Å². The van der Waals surface area contributed by atoms with Gasteiger partial charge in [0.25, 0.3) is 0 Å². The molecule has 156 valence electrons. The third kappa shape index (κ3) is 4.76. The molecule has 2 unspecified atom stereocenters. The summed E-state index contributed by atoms with van der Waals surface area (Å²) in [6, 6.07) is 5.75. The summed E-state index contributed by atoms with van der Waals surface area (Å²) in [4.78, 5) is 24.4. The number of hydrogen-bond acceptors (Lipinski definition) is 5. The molecule has 29 heavy (non-hydrogen) atoms. The number of hydrogen-bond donors (Lipinski definition) is 3. The molecule has 1 fully saturated rings. The molecule has 2 atom stereocenters. The molecule has 3 rings (SSSR count). The number of anilines is 1. The number of carbonyl (C=O) groups excluding carboxylic acids is 2. The maximum absolute atomic E-state index is 12.5. The highest BCUT2D eigenvalue weighted by molar-refractivity contribution is 5.92. The Hall–Kier alpha value is -2.87. The van der Waals surface area contributed by atoms with Gasteiger partial charge < -0.3 is 15.4 Å². The van der Waals surface area contributed by atoms with Crippen LogP contribution in [0.25, 0.3) is 0 Å². The molecule has 1 aromatic heterocycles. The minimum atomic E-state index is -0.371. The van der Waals surface area contributed by atoms with Crippen LogP contribution in [0.2, 0.25) is 0 Å². The minimum absolute atomic E-state index is 0.00170. The third-order valence-corrected chi connectivity index (χ3v) is 5.18. The second-order valence-corrected chi connectivity index (χ2v) is 7.59. The molecule has 0 radical (unpaired) electrons. The fourth-order valence-corrected chi connectivity index (χ4v) is 3.67. The number of aryl methyl sites for hydroxylation is 2. The number of benzene rings is 1. The van der Waals surface area contributed by atoms with Crippen molar-refractivity contribution >= 4 is 17.5 Å². The van der Waals surface area contributed by atoms with Crippen molar-refractivity contribution in [2.24, 2.45) is 0 Å². The minimum Gasteiger partial charge on any atom is -0.495 e. The third-order valence-electron chi connectivity index (χ3n) is 5.18. The quantitative estimate of drug-likeness (QED) is 0.693. The highest BCUT2D eigenvalue weighted by atomic mass is 16.5. The predicted molar refractivity (Wildman–Crippen MR) is 111 cm³/mol. The Morgan fingerprint density at radius 1 is 1.34 bits per heavy atom. The van der Waals surface area contributed by atoms with Crippen LogP contribution in [0.4, 0.5) is 5.69 Å². The van der Waals surface area contributed by atoms with Gasteiger partial charge in [0.15, 0.2) is 6.29 Å². The van der Waals surface area contributed by atoms with Gasteiger partial charge in [0.2, 0.25) is 11.8 Å². The molecule has 1 saturated heterocycles. The Morgan fingerprint density at radius 2 is 2.10 bits per heavy atom. The van der Waals surface area contributed by atoms with E-state index in [9.17, 15) is 9.59 Å². The molecule has 0 bridgehead atoms. The molecule has 2 heterocycles. The number of methoxy groups -OCH3 is 1. The summed E-state index contributed by atoms with van der Waals surface area (Å²) in [5, 5.41) is 13.8. The van der Waals surface area contributed by atoms with Gasteiger partial charge in [0.1, 0.15) is 5.75 Å². The molecule has 0 spiro atoms. The molecule has 1 aliphatic heterocycles. The number of aromatic nitrogens is 2. The van der Waals surface area contributed by atoms with Crippen molar-refractivity contribution in [3.05, 3.63) is 40.7 Å². The van der Waals surface area contributed by atoms with E-state index in [2.05, 4.69) is 21.0 Å². The lowest BCUT2D eigenvalue weighted by Gasteiger charge is -2.30. The Bertz CT molecular complexity index is 921. The van der Waals surface area contributed by atoms with Crippen LogP contribution < -0.4 is 20.7 Å². The van der Waals surface area contributed by atoms with Crippen LogP contribution in [0.5, 0.6) is 5.75 Å². The first-order valence-electron chi connectivity index (χ1n) is 9.83. The average Bonchev–Trinajstić information content (AvgIpc) is 2.93. The normalized spacial score (nSPS) is 19.0. The number of nitrogens with zero attached hydrogens (tertiary/aromatic N) is 2. The first-order chi connectivity index (χ1) is 13.8. The Labute approximate surface area is 171 Å². The van der Waals surface area contributed by atoms with Gasteiger partial charge in [-0.15, -0.1) is 0 Å². The lowest BCUT2D eigenvalue weighted by molar-refractivity contribution is -0.125. The van der Waals surface area contributed by atoms with Gasteiger partial charge in [-0.3, -0.25) is 14.9 Å². The van der Waals surface area contributed by atoms with Crippen LogP contribution in [-0.4, -0.2) is 34.7 Å². The molecule has 1 aliphatic rings. The summed E-state index contributed by atoms with van der Waals surface area (Å²) < 4.78 is 7.11. The average molecular weight is 399 g/mol. The van der Waals surface area contributed by atoms with Gasteiger partial charge in [0.05, 0.1) is 18.5 Å². The van der Waals surface area contributed by atoms with E-state index in [-0.39, 0.29) is 24.1 Å². The number of amides is 2. The van der Waals surface area contributed by atoms with Gasteiger partial charge in [-0.2, -0.15) is 5.10 Å². The molecule has 0 saturated carbocycles. The summed E-state index contributed by atoms with van der Waals surface area (Å²) in [7, 11) is 1.58. The molecule has 1 aromatic carbocycles. The van der Waals surface area contributed by atoms with Gasteiger partial charge in [-0.1, -0.05) is 6.07 Å². The van der Waals surface area contributed by atoms with Gasteiger partial charge in [-0.05, 0) is 57.4 Å². The molecular weight excluding hydrogens is 370 g/mol. The Balaban J connectivity index is 1.68. The van der Waals surface area contributed by atoms with Crippen molar-refractivity contribution in [3.63, 3.8) is 0 Å². The summed E-state index contributed by atoms with van der Waals surface area (Å²) >= 11 is 0. The fraction of sp³-hybridized carbons (Fsp3) is 0.476. The fourth-order valence-electron chi connectivity index (χ4n) is 3.67. The maximum atomic E-state index is 12.5. The molecule has 8 heteroatoms. The van der Waals surface area contributed by atoms with Crippen LogP contribution in [0.1, 0.15) is 48.6 Å². The van der Waals surface area contributed by atoms with Crippen molar-refractivity contribution in [2.45, 2.75) is 59.3 Å². The zero-order valence-electron chi connectivity index (χ0n) is 17.6. The van der Waals surface area contributed by atoms with Crippen molar-refractivity contribution in [2.75, 3.05) is 12.4 Å². The van der Waals surface area contributed by atoms with E-state index in [4.69, 9.17) is 4.74 Å². The van der Waals surface area contributed by atoms with Crippen molar-refractivity contribution in [1.82, 2.24) is 20.4 Å². The van der Waals surface area contributed by atoms with E-state index in [1.807, 2.05) is 45.9 Å². The van der Waals surface area contributed by atoms with Gasteiger partial charge in [-0.25, -0.2) is 4.68 Å². The van der Waals surface area contributed by atoms with Gasteiger partial charge >= 0.3 is 0 Å². The lowest BCUT2D eigenvalue weighted by Crippen LogP contribution is -2.52. The standard InChI is InChI=1S/C21H29N5O3/c1-12-6-8-18(29-5)17(10-12)23-19(27)9-7-16-14(3)25-26(15(16)4)21-22-13(2)11-20(28)24-21/h6,8,10,13,21-22H,7,9,11H2,1-5H3,(H,23,27)(H,24,28). The highest BCUT2D eigenvalue weighted by Gasteiger charge is 2.27. The molecular formula is C21H29N5O3. The zero-order valence-corrected chi connectivity index (χ0v) is 17.6. The SMILES string of the molecule is COc1ccc(C)cc1NC(=O)CCc1c(C)nn(C2NC(=O)CC(C)N2)c1C. The smallest absolute Gasteiger partial charge is 0.224 e. The molecule has 2 aromatic rings. The summed E-state index contributed by atoms with van der Waals surface area (Å²) in [5.41, 5.74) is 4.54. The van der Waals surface area contributed by atoms with Crippen LogP contribution >= 0.6 is 0 Å². The van der Waals surface area contributed by atoms with Crippen LogP contribution in [0.15, 0.2) is 18.2 Å².